The van der Waals surface area contributed by atoms with Crippen LogP contribution in [0.5, 0.6) is 5.75 Å². The summed E-state index contributed by atoms with van der Waals surface area (Å²) in [6, 6.07) is 15.7. The first-order valence-electron chi connectivity index (χ1n) is 7.95. The van der Waals surface area contributed by atoms with Crippen LogP contribution in [-0.4, -0.2) is 19.1 Å². The molecule has 1 amide bonds. The fourth-order valence-electron chi connectivity index (χ4n) is 2.15. The average molecular weight is 423 g/mol. The summed E-state index contributed by atoms with van der Waals surface area (Å²) in [5.74, 6) is 0.889. The van der Waals surface area contributed by atoms with Gasteiger partial charge in [0.15, 0.2) is 0 Å². The Morgan fingerprint density at radius 3 is 2.57 bits per heavy atom. The van der Waals surface area contributed by atoms with E-state index in [0.29, 0.717) is 6.54 Å². The molecular formula is C19H22INO2. The van der Waals surface area contributed by atoms with Crippen molar-refractivity contribution in [2.24, 2.45) is 0 Å². The molecule has 2 aromatic rings. The molecule has 0 radical (unpaired) electrons. The maximum atomic E-state index is 12.1. The molecule has 0 atom stereocenters. The number of ether oxygens (including phenoxy) is 1. The third-order valence-corrected chi connectivity index (χ3v) is 4.45. The molecule has 0 aliphatic carbocycles. The van der Waals surface area contributed by atoms with Gasteiger partial charge in [-0.2, -0.15) is 0 Å². The van der Waals surface area contributed by atoms with E-state index in [-0.39, 0.29) is 5.91 Å². The minimum absolute atomic E-state index is 0.0190. The first-order valence-corrected chi connectivity index (χ1v) is 9.03. The van der Waals surface area contributed by atoms with Crippen LogP contribution < -0.4 is 10.1 Å². The minimum Gasteiger partial charge on any atom is -0.494 e. The number of carbonyl (C=O) groups excluding carboxylic acids is 1. The van der Waals surface area contributed by atoms with Crippen LogP contribution in [-0.2, 0) is 6.42 Å². The van der Waals surface area contributed by atoms with Crippen LogP contribution in [0.15, 0.2) is 48.5 Å². The van der Waals surface area contributed by atoms with Gasteiger partial charge in [-0.25, -0.2) is 0 Å². The van der Waals surface area contributed by atoms with Gasteiger partial charge >= 0.3 is 0 Å². The molecule has 0 spiro atoms. The van der Waals surface area contributed by atoms with Gasteiger partial charge in [0.25, 0.3) is 5.91 Å². The van der Waals surface area contributed by atoms with Crippen LogP contribution in [0.3, 0.4) is 0 Å². The highest BCUT2D eigenvalue weighted by Crippen LogP contribution is 2.13. The summed E-state index contributed by atoms with van der Waals surface area (Å²) in [7, 11) is 0. The highest BCUT2D eigenvalue weighted by molar-refractivity contribution is 14.1. The van der Waals surface area contributed by atoms with Crippen molar-refractivity contribution in [3.05, 3.63) is 63.2 Å². The molecule has 23 heavy (non-hydrogen) atoms. The molecular weight excluding hydrogens is 401 g/mol. The molecule has 0 aliphatic rings. The van der Waals surface area contributed by atoms with Gasteiger partial charge in [-0.15, -0.1) is 0 Å². The van der Waals surface area contributed by atoms with E-state index in [9.17, 15) is 4.79 Å². The summed E-state index contributed by atoms with van der Waals surface area (Å²) >= 11 is 2.18. The predicted octanol–water partition coefficient (Wildman–Crippen LogP) is 4.44. The largest absolute Gasteiger partial charge is 0.494 e. The second-order valence-electron chi connectivity index (χ2n) is 5.33. The van der Waals surface area contributed by atoms with Gasteiger partial charge in [0.1, 0.15) is 5.75 Å². The van der Waals surface area contributed by atoms with E-state index < -0.39 is 0 Å². The van der Waals surface area contributed by atoms with Crippen LogP contribution in [0, 0.1) is 3.57 Å². The zero-order valence-electron chi connectivity index (χ0n) is 13.3. The minimum atomic E-state index is -0.0190. The van der Waals surface area contributed by atoms with Crippen LogP contribution in [0.25, 0.3) is 0 Å². The molecule has 0 aromatic heterocycles. The van der Waals surface area contributed by atoms with E-state index >= 15 is 0 Å². The lowest BCUT2D eigenvalue weighted by atomic mass is 10.1. The summed E-state index contributed by atoms with van der Waals surface area (Å²) in [6.45, 7) is 3.54. The molecule has 122 valence electrons. The van der Waals surface area contributed by atoms with Crippen molar-refractivity contribution < 1.29 is 9.53 Å². The Labute approximate surface area is 151 Å². The Morgan fingerprint density at radius 2 is 1.87 bits per heavy atom. The zero-order valence-corrected chi connectivity index (χ0v) is 15.5. The SMILES string of the molecule is CCCCOc1ccc(CCNC(=O)c2ccccc2I)cc1. The number of rotatable bonds is 8. The Morgan fingerprint density at radius 1 is 1.13 bits per heavy atom. The molecule has 3 nitrogen and oxygen atoms in total. The standard InChI is InChI=1S/C19H22INO2/c1-2-3-14-23-16-10-8-15(9-11-16)12-13-21-19(22)17-6-4-5-7-18(17)20/h4-11H,2-3,12-14H2,1H3,(H,21,22). The average Bonchev–Trinajstić information content (AvgIpc) is 2.57. The molecule has 2 aromatic carbocycles. The van der Waals surface area contributed by atoms with E-state index in [1.807, 2.05) is 36.4 Å². The van der Waals surface area contributed by atoms with Gasteiger partial charge in [0.05, 0.1) is 12.2 Å². The first kappa shape index (κ1) is 17.8. The highest BCUT2D eigenvalue weighted by Gasteiger charge is 2.08. The van der Waals surface area contributed by atoms with Crippen LogP contribution >= 0.6 is 22.6 Å². The van der Waals surface area contributed by atoms with Gasteiger partial charge in [-0.3, -0.25) is 4.79 Å². The van der Waals surface area contributed by atoms with Crippen molar-refractivity contribution >= 4 is 28.5 Å². The number of unbranched alkanes of at least 4 members (excludes halogenated alkanes) is 1. The monoisotopic (exact) mass is 423 g/mol. The van der Waals surface area contributed by atoms with Crippen molar-refractivity contribution in [3.63, 3.8) is 0 Å². The lowest BCUT2D eigenvalue weighted by Crippen LogP contribution is -2.26. The van der Waals surface area contributed by atoms with E-state index in [4.69, 9.17) is 4.74 Å². The van der Waals surface area contributed by atoms with Crippen LogP contribution in [0.4, 0.5) is 0 Å². The number of hydrogen-bond donors (Lipinski definition) is 1. The van der Waals surface area contributed by atoms with E-state index in [1.54, 1.807) is 0 Å². The van der Waals surface area contributed by atoms with Crippen molar-refractivity contribution in [1.82, 2.24) is 5.32 Å². The van der Waals surface area contributed by atoms with Crippen molar-refractivity contribution in [3.8, 4) is 5.75 Å². The van der Waals surface area contributed by atoms with Gasteiger partial charge in [-0.1, -0.05) is 37.6 Å². The Bertz CT molecular complexity index is 626. The highest BCUT2D eigenvalue weighted by atomic mass is 127. The molecule has 0 saturated heterocycles. The fraction of sp³-hybridized carbons (Fsp3) is 0.316. The number of carbonyl (C=O) groups is 1. The molecule has 1 N–H and O–H groups in total. The van der Waals surface area contributed by atoms with Crippen LogP contribution in [0.2, 0.25) is 0 Å². The quantitative estimate of drug-likeness (QED) is 0.504. The summed E-state index contributed by atoms with van der Waals surface area (Å²) in [4.78, 5) is 12.1. The van der Waals surface area contributed by atoms with Crippen molar-refractivity contribution in [1.29, 1.82) is 0 Å². The summed E-state index contributed by atoms with van der Waals surface area (Å²) in [5, 5.41) is 2.97. The van der Waals surface area contributed by atoms with Gasteiger partial charge in [-0.05, 0) is 65.3 Å². The number of halogens is 1. The molecule has 0 fully saturated rings. The first-order chi connectivity index (χ1) is 11.2. The molecule has 0 saturated carbocycles. The molecule has 0 heterocycles. The summed E-state index contributed by atoms with van der Waals surface area (Å²) in [6.07, 6.45) is 3.02. The van der Waals surface area contributed by atoms with Crippen molar-refractivity contribution in [2.45, 2.75) is 26.2 Å². The molecule has 0 aliphatic heterocycles. The van der Waals surface area contributed by atoms with Gasteiger partial charge < -0.3 is 10.1 Å². The molecule has 0 unspecified atom stereocenters. The Kier molecular flexibility index (Phi) is 7.39. The third kappa shape index (κ3) is 5.86. The molecule has 4 heteroatoms. The van der Waals surface area contributed by atoms with Crippen LogP contribution in [0.1, 0.15) is 35.7 Å². The van der Waals surface area contributed by atoms with Gasteiger partial charge in [0, 0.05) is 10.1 Å². The lowest BCUT2D eigenvalue weighted by Gasteiger charge is -2.08. The van der Waals surface area contributed by atoms with Crippen molar-refractivity contribution in [2.75, 3.05) is 13.2 Å². The maximum absolute atomic E-state index is 12.1. The number of amides is 1. The second kappa shape index (κ2) is 9.55. The number of nitrogens with one attached hydrogen (secondary N) is 1. The number of benzene rings is 2. The smallest absolute Gasteiger partial charge is 0.252 e. The fourth-order valence-corrected chi connectivity index (χ4v) is 2.78. The predicted molar refractivity (Wildman–Crippen MR) is 102 cm³/mol. The number of hydrogen-bond acceptors (Lipinski definition) is 2. The third-order valence-electron chi connectivity index (χ3n) is 3.51. The summed E-state index contributed by atoms with van der Waals surface area (Å²) < 4.78 is 6.61. The second-order valence-corrected chi connectivity index (χ2v) is 6.49. The lowest BCUT2D eigenvalue weighted by molar-refractivity contribution is 0.0953. The molecule has 0 bridgehead atoms. The Balaban J connectivity index is 1.78. The van der Waals surface area contributed by atoms with E-state index in [1.165, 1.54) is 5.56 Å². The van der Waals surface area contributed by atoms with Gasteiger partial charge in [0.2, 0.25) is 0 Å². The summed E-state index contributed by atoms with van der Waals surface area (Å²) in [5.41, 5.74) is 1.92. The van der Waals surface area contributed by atoms with E-state index in [2.05, 4.69) is 47.0 Å². The Hall–Kier alpha value is -1.56. The molecule has 2 rings (SSSR count). The van der Waals surface area contributed by atoms with E-state index in [0.717, 1.165) is 40.8 Å². The zero-order chi connectivity index (χ0) is 16.5. The normalized spacial score (nSPS) is 10.3. The topological polar surface area (TPSA) is 38.3 Å². The maximum Gasteiger partial charge on any atom is 0.252 e.